The monoisotopic (exact) mass is 358 g/mol. The number of amides is 1. The van der Waals surface area contributed by atoms with Gasteiger partial charge in [-0.3, -0.25) is 9.59 Å². The van der Waals surface area contributed by atoms with Gasteiger partial charge in [0.25, 0.3) is 5.91 Å². The molecule has 140 valence electrons. The molecule has 0 atom stereocenters. The molecule has 3 rings (SSSR count). The van der Waals surface area contributed by atoms with E-state index in [-0.39, 0.29) is 23.8 Å². The molecule has 0 aliphatic carbocycles. The largest absolute Gasteiger partial charge is 0.507 e. The lowest BCUT2D eigenvalue weighted by molar-refractivity contribution is 0.0780. The van der Waals surface area contributed by atoms with E-state index in [1.807, 2.05) is 38.1 Å². The van der Waals surface area contributed by atoms with Gasteiger partial charge in [0.1, 0.15) is 23.8 Å². The summed E-state index contributed by atoms with van der Waals surface area (Å²) in [7, 11) is 1.83. The summed E-state index contributed by atoms with van der Waals surface area (Å²) in [6.07, 6.45) is 4.46. The lowest BCUT2D eigenvalue weighted by atomic mass is 10.2. The van der Waals surface area contributed by atoms with Gasteiger partial charge < -0.3 is 19.3 Å². The molecule has 1 N–H and O–H groups in total. The van der Waals surface area contributed by atoms with Gasteiger partial charge in [-0.25, -0.2) is 0 Å². The predicted octanol–water partition coefficient (Wildman–Crippen LogP) is 3.38. The fraction of sp³-hybridized carbons (Fsp3) is 0.400. The Morgan fingerprint density at radius 2 is 1.92 bits per heavy atom. The van der Waals surface area contributed by atoms with E-state index in [9.17, 15) is 14.7 Å². The number of aromatic hydroxyl groups is 1. The highest BCUT2D eigenvalue weighted by atomic mass is 16.5. The number of phenols is 1. The van der Waals surface area contributed by atoms with Crippen molar-refractivity contribution in [1.29, 1.82) is 0 Å². The number of carbonyl (C=O) groups is 2. The minimum atomic E-state index is -0.121. The topological polar surface area (TPSA) is 71.8 Å². The lowest BCUT2D eigenvalue weighted by Crippen LogP contribution is -2.30. The summed E-state index contributed by atoms with van der Waals surface area (Å²) >= 11 is 0. The van der Waals surface area contributed by atoms with Crippen LogP contribution >= 0.6 is 0 Å². The van der Waals surface area contributed by atoms with E-state index in [4.69, 9.17) is 4.74 Å². The van der Waals surface area contributed by atoms with Crippen LogP contribution in [0.4, 0.5) is 0 Å². The van der Waals surface area contributed by atoms with Crippen LogP contribution in [0.15, 0.2) is 30.5 Å². The summed E-state index contributed by atoms with van der Waals surface area (Å²) in [6.45, 7) is 5.72. The Kier molecular flexibility index (Phi) is 6.83. The molecular formula is C20H26N2O4. The Labute approximate surface area is 154 Å². The zero-order valence-electron chi connectivity index (χ0n) is 15.6. The summed E-state index contributed by atoms with van der Waals surface area (Å²) in [5.74, 6) is 0.183. The average molecular weight is 358 g/mol. The third-order valence-electron chi connectivity index (χ3n) is 4.30. The van der Waals surface area contributed by atoms with Gasteiger partial charge in [-0.1, -0.05) is 19.9 Å². The number of aryl methyl sites for hydroxylation is 1. The number of carbonyl (C=O) groups excluding carboxylic acids is 2. The number of likely N-dealkylation sites (tertiary alicyclic amines) is 1. The molecule has 0 radical (unpaired) electrons. The molecule has 1 aliphatic heterocycles. The van der Waals surface area contributed by atoms with Gasteiger partial charge in [-0.05, 0) is 31.0 Å². The van der Waals surface area contributed by atoms with Crippen molar-refractivity contribution < 1.29 is 19.4 Å². The maximum absolute atomic E-state index is 12.7. The van der Waals surface area contributed by atoms with Crippen LogP contribution in [0.25, 0.3) is 0 Å². The molecule has 0 unspecified atom stereocenters. The summed E-state index contributed by atoms with van der Waals surface area (Å²) < 4.78 is 7.48. The first kappa shape index (κ1) is 19.6. The molecule has 2 aromatic rings. The SMILES string of the molecule is CC.Cn1ccc(COc2cccc(O)c2C=O)c1C(=O)N1CCCC1. The molecule has 0 bridgehead atoms. The van der Waals surface area contributed by atoms with Crippen LogP contribution in [-0.4, -0.2) is 39.9 Å². The molecule has 0 spiro atoms. The van der Waals surface area contributed by atoms with Crippen molar-refractivity contribution >= 4 is 12.2 Å². The Hall–Kier alpha value is -2.76. The average Bonchev–Trinajstić information content (AvgIpc) is 3.31. The quantitative estimate of drug-likeness (QED) is 0.832. The summed E-state index contributed by atoms with van der Waals surface area (Å²) in [4.78, 5) is 25.7. The molecule has 1 amide bonds. The van der Waals surface area contributed by atoms with E-state index in [1.54, 1.807) is 16.7 Å². The van der Waals surface area contributed by atoms with Crippen LogP contribution < -0.4 is 4.74 Å². The van der Waals surface area contributed by atoms with Crippen molar-refractivity contribution in [2.24, 2.45) is 7.05 Å². The molecule has 2 heterocycles. The fourth-order valence-electron chi connectivity index (χ4n) is 2.99. The molecule has 1 fully saturated rings. The Morgan fingerprint density at radius 3 is 2.58 bits per heavy atom. The number of hydrogen-bond donors (Lipinski definition) is 1. The first-order valence-corrected chi connectivity index (χ1v) is 8.95. The van der Waals surface area contributed by atoms with Crippen LogP contribution in [0.1, 0.15) is 53.1 Å². The van der Waals surface area contributed by atoms with Crippen LogP contribution in [0.2, 0.25) is 0 Å². The van der Waals surface area contributed by atoms with E-state index in [2.05, 4.69) is 0 Å². The zero-order chi connectivity index (χ0) is 19.1. The minimum Gasteiger partial charge on any atom is -0.507 e. The summed E-state index contributed by atoms with van der Waals surface area (Å²) in [5, 5.41) is 9.70. The van der Waals surface area contributed by atoms with Crippen molar-refractivity contribution in [1.82, 2.24) is 9.47 Å². The van der Waals surface area contributed by atoms with Crippen LogP contribution in [0, 0.1) is 0 Å². The third kappa shape index (κ3) is 4.07. The number of benzene rings is 1. The van der Waals surface area contributed by atoms with E-state index in [0.29, 0.717) is 17.7 Å². The lowest BCUT2D eigenvalue weighted by Gasteiger charge is -2.17. The number of aldehydes is 1. The molecule has 1 aromatic heterocycles. The van der Waals surface area contributed by atoms with Crippen LogP contribution in [0.3, 0.4) is 0 Å². The maximum Gasteiger partial charge on any atom is 0.270 e. The number of aromatic nitrogens is 1. The maximum atomic E-state index is 12.7. The first-order chi connectivity index (χ1) is 12.6. The molecule has 6 nitrogen and oxygen atoms in total. The number of rotatable bonds is 5. The molecule has 0 saturated carbocycles. The van der Waals surface area contributed by atoms with E-state index >= 15 is 0 Å². The van der Waals surface area contributed by atoms with Gasteiger partial charge in [0.2, 0.25) is 0 Å². The highest BCUT2D eigenvalue weighted by molar-refractivity contribution is 5.94. The standard InChI is InChI=1S/C18H20N2O4.C2H6/c1-19-10-7-13(17(19)18(23)20-8-2-3-9-20)12-24-16-6-4-5-15(22)14(16)11-21;1-2/h4-7,10-11,22H,2-3,8-9,12H2,1H3;1-2H3. The van der Waals surface area contributed by atoms with Crippen LogP contribution in [-0.2, 0) is 13.7 Å². The smallest absolute Gasteiger partial charge is 0.270 e. The normalized spacial score (nSPS) is 13.1. The highest BCUT2D eigenvalue weighted by Crippen LogP contribution is 2.27. The van der Waals surface area contributed by atoms with Gasteiger partial charge in [0.05, 0.1) is 5.56 Å². The van der Waals surface area contributed by atoms with Gasteiger partial charge >= 0.3 is 0 Å². The molecule has 1 saturated heterocycles. The molecule has 1 aliphatic rings. The van der Waals surface area contributed by atoms with Gasteiger partial charge in [-0.2, -0.15) is 0 Å². The van der Waals surface area contributed by atoms with E-state index in [0.717, 1.165) is 31.5 Å². The van der Waals surface area contributed by atoms with Crippen molar-refractivity contribution in [3.05, 3.63) is 47.3 Å². The molecule has 26 heavy (non-hydrogen) atoms. The van der Waals surface area contributed by atoms with Crippen molar-refractivity contribution in [2.45, 2.75) is 33.3 Å². The highest BCUT2D eigenvalue weighted by Gasteiger charge is 2.24. The first-order valence-electron chi connectivity index (χ1n) is 8.95. The summed E-state index contributed by atoms with van der Waals surface area (Å²) in [6, 6.07) is 6.50. The second kappa shape index (κ2) is 9.08. The van der Waals surface area contributed by atoms with Crippen LogP contribution in [0.5, 0.6) is 11.5 Å². The van der Waals surface area contributed by atoms with E-state index in [1.165, 1.54) is 6.07 Å². The molecular weight excluding hydrogens is 332 g/mol. The fourth-order valence-corrected chi connectivity index (χ4v) is 2.99. The number of nitrogens with zero attached hydrogens (tertiary/aromatic N) is 2. The second-order valence-electron chi connectivity index (χ2n) is 5.90. The summed E-state index contributed by atoms with van der Waals surface area (Å²) in [5.41, 5.74) is 1.47. The Morgan fingerprint density at radius 1 is 1.23 bits per heavy atom. The molecule has 6 heteroatoms. The minimum absolute atomic E-state index is 0.00474. The zero-order valence-corrected chi connectivity index (χ0v) is 15.6. The van der Waals surface area contributed by atoms with Crippen molar-refractivity contribution in [2.75, 3.05) is 13.1 Å². The van der Waals surface area contributed by atoms with E-state index < -0.39 is 0 Å². The van der Waals surface area contributed by atoms with Gasteiger partial charge in [0.15, 0.2) is 6.29 Å². The van der Waals surface area contributed by atoms with Crippen molar-refractivity contribution in [3.8, 4) is 11.5 Å². The third-order valence-corrected chi connectivity index (χ3v) is 4.30. The number of ether oxygens (including phenoxy) is 1. The van der Waals surface area contributed by atoms with Gasteiger partial charge in [-0.15, -0.1) is 0 Å². The van der Waals surface area contributed by atoms with Gasteiger partial charge in [0, 0.05) is 31.9 Å². The second-order valence-corrected chi connectivity index (χ2v) is 5.90. The Balaban J connectivity index is 0.00000117. The van der Waals surface area contributed by atoms with Crippen molar-refractivity contribution in [3.63, 3.8) is 0 Å². The number of hydrogen-bond acceptors (Lipinski definition) is 4. The molecule has 1 aromatic carbocycles. The predicted molar refractivity (Wildman–Crippen MR) is 99.7 cm³/mol. The Bertz CT molecular complexity index is 761. The number of phenolic OH excluding ortho intramolecular Hbond substituents is 1.